The zero-order chi connectivity index (χ0) is 8.10. The van der Waals surface area contributed by atoms with Crippen LogP contribution in [0.15, 0.2) is 23.2 Å². The minimum Gasteiger partial charge on any atom is -0.396 e. The quantitative estimate of drug-likeness (QED) is 0.657. The van der Waals surface area contributed by atoms with Crippen LogP contribution in [0.3, 0.4) is 0 Å². The van der Waals surface area contributed by atoms with Crippen LogP contribution in [0.4, 0.5) is 5.82 Å². The molecule has 0 saturated heterocycles. The Balaban J connectivity index is 2.56. The minimum atomic E-state index is 0.168. The van der Waals surface area contributed by atoms with Crippen molar-refractivity contribution in [3.05, 3.63) is 18.2 Å². The Morgan fingerprint density at radius 1 is 1.55 bits per heavy atom. The Morgan fingerprint density at radius 2 is 2.36 bits per heavy atom. The number of aliphatic hydroxyl groups excluding tert-OH is 1. The molecule has 0 aliphatic rings. The molecule has 0 aliphatic carbocycles. The van der Waals surface area contributed by atoms with Gasteiger partial charge in [0.1, 0.15) is 5.82 Å². The summed E-state index contributed by atoms with van der Waals surface area (Å²) < 4.78 is 0. The Morgan fingerprint density at radius 3 is 3.00 bits per heavy atom. The Kier molecular flexibility index (Phi) is 3.19. The van der Waals surface area contributed by atoms with Crippen LogP contribution >= 0.6 is 11.8 Å². The molecule has 0 radical (unpaired) electrons. The standard InChI is InChI=1S/C7H10N2OS/c8-6-2-1-3-7(9-6)11-5-4-10/h1-3,10H,4-5H2,(H2,8,9). The van der Waals surface area contributed by atoms with Gasteiger partial charge in [-0.15, -0.1) is 11.8 Å². The van der Waals surface area contributed by atoms with Gasteiger partial charge >= 0.3 is 0 Å². The molecule has 4 heteroatoms. The highest BCUT2D eigenvalue weighted by Gasteiger charge is 1.93. The minimum absolute atomic E-state index is 0.168. The fourth-order valence-corrected chi connectivity index (χ4v) is 1.31. The van der Waals surface area contributed by atoms with E-state index in [1.807, 2.05) is 12.1 Å². The first-order valence-electron chi connectivity index (χ1n) is 3.29. The van der Waals surface area contributed by atoms with E-state index in [-0.39, 0.29) is 6.61 Å². The van der Waals surface area contributed by atoms with E-state index in [1.165, 1.54) is 11.8 Å². The second-order valence-electron chi connectivity index (χ2n) is 1.97. The van der Waals surface area contributed by atoms with Crippen LogP contribution in [0.5, 0.6) is 0 Å². The van der Waals surface area contributed by atoms with Crippen LogP contribution in [-0.2, 0) is 0 Å². The van der Waals surface area contributed by atoms with Crippen molar-refractivity contribution in [1.29, 1.82) is 0 Å². The highest BCUT2D eigenvalue weighted by Crippen LogP contribution is 2.14. The summed E-state index contributed by atoms with van der Waals surface area (Å²) in [6.45, 7) is 0.168. The van der Waals surface area contributed by atoms with Crippen molar-refractivity contribution in [2.45, 2.75) is 5.03 Å². The summed E-state index contributed by atoms with van der Waals surface area (Å²) in [4.78, 5) is 4.04. The van der Waals surface area contributed by atoms with Crippen LogP contribution in [-0.4, -0.2) is 22.5 Å². The van der Waals surface area contributed by atoms with Gasteiger partial charge in [-0.3, -0.25) is 0 Å². The summed E-state index contributed by atoms with van der Waals surface area (Å²) >= 11 is 1.49. The monoisotopic (exact) mass is 170 g/mol. The highest BCUT2D eigenvalue weighted by atomic mass is 32.2. The van der Waals surface area contributed by atoms with Gasteiger partial charge < -0.3 is 10.8 Å². The van der Waals surface area contributed by atoms with E-state index in [0.717, 1.165) is 5.03 Å². The summed E-state index contributed by atoms with van der Waals surface area (Å²) in [6, 6.07) is 5.46. The van der Waals surface area contributed by atoms with Crippen LogP contribution in [0.2, 0.25) is 0 Å². The first kappa shape index (κ1) is 8.36. The van der Waals surface area contributed by atoms with Crippen LogP contribution in [0, 0.1) is 0 Å². The maximum Gasteiger partial charge on any atom is 0.124 e. The molecule has 1 rings (SSSR count). The average molecular weight is 170 g/mol. The molecule has 1 aromatic rings. The van der Waals surface area contributed by atoms with Crippen LogP contribution in [0.25, 0.3) is 0 Å². The van der Waals surface area contributed by atoms with Crippen LogP contribution < -0.4 is 5.73 Å². The third-order valence-electron chi connectivity index (χ3n) is 1.09. The number of anilines is 1. The normalized spacial score (nSPS) is 9.91. The molecule has 0 atom stereocenters. The topological polar surface area (TPSA) is 59.1 Å². The highest BCUT2D eigenvalue weighted by molar-refractivity contribution is 7.99. The number of nitrogens with zero attached hydrogens (tertiary/aromatic N) is 1. The molecule has 0 spiro atoms. The molecule has 11 heavy (non-hydrogen) atoms. The summed E-state index contributed by atoms with van der Waals surface area (Å²) in [5, 5.41) is 9.38. The number of hydrogen-bond donors (Lipinski definition) is 2. The second kappa shape index (κ2) is 4.20. The van der Waals surface area contributed by atoms with Gasteiger partial charge in [0, 0.05) is 5.75 Å². The lowest BCUT2D eigenvalue weighted by atomic mass is 10.5. The maximum absolute atomic E-state index is 8.52. The van der Waals surface area contributed by atoms with Gasteiger partial charge in [0.05, 0.1) is 11.6 Å². The zero-order valence-electron chi connectivity index (χ0n) is 6.03. The molecule has 0 aliphatic heterocycles. The van der Waals surface area contributed by atoms with Gasteiger partial charge in [-0.1, -0.05) is 6.07 Å². The van der Waals surface area contributed by atoms with E-state index in [4.69, 9.17) is 10.8 Å². The third-order valence-corrected chi connectivity index (χ3v) is 2.00. The van der Waals surface area contributed by atoms with E-state index in [9.17, 15) is 0 Å². The largest absolute Gasteiger partial charge is 0.396 e. The number of aliphatic hydroxyl groups is 1. The van der Waals surface area contributed by atoms with Gasteiger partial charge in [-0.05, 0) is 12.1 Å². The first-order chi connectivity index (χ1) is 5.33. The number of nitrogen functional groups attached to an aromatic ring is 1. The van der Waals surface area contributed by atoms with Crippen molar-refractivity contribution in [3.63, 3.8) is 0 Å². The molecule has 3 nitrogen and oxygen atoms in total. The first-order valence-corrected chi connectivity index (χ1v) is 4.27. The number of aromatic nitrogens is 1. The summed E-state index contributed by atoms with van der Waals surface area (Å²) in [5.41, 5.74) is 5.44. The van der Waals surface area contributed by atoms with Gasteiger partial charge in [0.2, 0.25) is 0 Å². The SMILES string of the molecule is Nc1cccc(SCCO)n1. The fraction of sp³-hybridized carbons (Fsp3) is 0.286. The molecule has 0 amide bonds. The number of thioether (sulfide) groups is 1. The fourth-order valence-electron chi connectivity index (χ4n) is 0.661. The lowest BCUT2D eigenvalue weighted by molar-refractivity contribution is 0.322. The molecular weight excluding hydrogens is 160 g/mol. The van der Waals surface area contributed by atoms with Gasteiger partial charge in [0.25, 0.3) is 0 Å². The predicted octanol–water partition coefficient (Wildman–Crippen LogP) is 0.748. The second-order valence-corrected chi connectivity index (χ2v) is 3.09. The van der Waals surface area contributed by atoms with Crippen molar-refractivity contribution in [2.24, 2.45) is 0 Å². The summed E-state index contributed by atoms with van der Waals surface area (Å²) in [7, 11) is 0. The molecule has 0 unspecified atom stereocenters. The lowest BCUT2D eigenvalue weighted by Crippen LogP contribution is -1.92. The summed E-state index contributed by atoms with van der Waals surface area (Å²) in [6.07, 6.45) is 0. The molecular formula is C7H10N2OS. The smallest absolute Gasteiger partial charge is 0.124 e. The molecule has 1 heterocycles. The number of rotatable bonds is 3. The van der Waals surface area contributed by atoms with Crippen molar-refractivity contribution in [3.8, 4) is 0 Å². The predicted molar refractivity (Wildman–Crippen MR) is 46.5 cm³/mol. The number of nitrogens with two attached hydrogens (primary N) is 1. The van der Waals surface area contributed by atoms with E-state index >= 15 is 0 Å². The Bertz CT molecular complexity index is 229. The van der Waals surface area contributed by atoms with Crippen molar-refractivity contribution >= 4 is 17.6 Å². The van der Waals surface area contributed by atoms with Gasteiger partial charge in [0.15, 0.2) is 0 Å². The third kappa shape index (κ3) is 2.78. The van der Waals surface area contributed by atoms with E-state index in [0.29, 0.717) is 11.6 Å². The van der Waals surface area contributed by atoms with E-state index < -0.39 is 0 Å². The van der Waals surface area contributed by atoms with Crippen molar-refractivity contribution in [1.82, 2.24) is 4.98 Å². The Labute approximate surface area is 69.6 Å². The van der Waals surface area contributed by atoms with Gasteiger partial charge in [-0.2, -0.15) is 0 Å². The molecule has 3 N–H and O–H groups in total. The number of hydrogen-bond acceptors (Lipinski definition) is 4. The van der Waals surface area contributed by atoms with Crippen molar-refractivity contribution in [2.75, 3.05) is 18.1 Å². The molecule has 0 bridgehead atoms. The molecule has 0 saturated carbocycles. The lowest BCUT2D eigenvalue weighted by Gasteiger charge is -1.98. The van der Waals surface area contributed by atoms with Crippen molar-refractivity contribution < 1.29 is 5.11 Å². The molecule has 1 aromatic heterocycles. The van der Waals surface area contributed by atoms with Gasteiger partial charge in [-0.25, -0.2) is 4.98 Å². The number of pyridine rings is 1. The molecule has 0 fully saturated rings. The van der Waals surface area contributed by atoms with E-state index in [1.54, 1.807) is 6.07 Å². The summed E-state index contributed by atoms with van der Waals surface area (Å²) in [5.74, 6) is 1.18. The average Bonchev–Trinajstić information content (AvgIpc) is 2.01. The van der Waals surface area contributed by atoms with E-state index in [2.05, 4.69) is 4.98 Å². The molecule has 0 aromatic carbocycles. The maximum atomic E-state index is 8.52. The molecule has 60 valence electrons. The zero-order valence-corrected chi connectivity index (χ0v) is 6.84. The Hall–Kier alpha value is -0.740. The van der Waals surface area contributed by atoms with Crippen LogP contribution in [0.1, 0.15) is 0 Å².